The molecule has 1 aliphatic carbocycles. The molecule has 0 saturated heterocycles. The van der Waals surface area contributed by atoms with Gasteiger partial charge in [-0.1, -0.05) is 49.7 Å². The number of carbonyl (C=O) groups excluding carboxylic acids is 1. The number of benzene rings is 1. The summed E-state index contributed by atoms with van der Waals surface area (Å²) in [6, 6.07) is 5.57. The first-order valence-corrected chi connectivity index (χ1v) is 7.97. The number of hydrogen-bond donors (Lipinski definition) is 1. The second kappa shape index (κ2) is 7.46. The van der Waals surface area contributed by atoms with Crippen molar-refractivity contribution in [1.29, 1.82) is 0 Å². The highest BCUT2D eigenvalue weighted by Gasteiger charge is 2.11. The maximum absolute atomic E-state index is 12.0. The number of rotatable bonds is 4. The van der Waals surface area contributed by atoms with Gasteiger partial charge in [0.05, 0.1) is 10.7 Å². The fraction of sp³-hybridized carbons (Fsp3) is 0.316. The standard InChI is InChI=1S/C19H22ClNO/c1-13(2)16-8-5-15(6-9-16)7-11-19(22)21-18-10-4-14(3)12-17(18)20/h4-8,10-13,16H,9H2,1-3H3,(H,21,22)/b11-7+. The molecule has 0 spiro atoms. The Bertz CT molecular complexity index is 641. The van der Waals surface area contributed by atoms with Gasteiger partial charge in [0.1, 0.15) is 0 Å². The Kier molecular flexibility index (Phi) is 5.62. The number of anilines is 1. The Morgan fingerprint density at radius 3 is 2.77 bits per heavy atom. The first-order valence-electron chi connectivity index (χ1n) is 7.59. The molecule has 0 saturated carbocycles. The summed E-state index contributed by atoms with van der Waals surface area (Å²) in [5, 5.41) is 3.35. The van der Waals surface area contributed by atoms with E-state index in [1.165, 1.54) is 0 Å². The third kappa shape index (κ3) is 4.60. The molecule has 22 heavy (non-hydrogen) atoms. The highest BCUT2D eigenvalue weighted by molar-refractivity contribution is 6.33. The summed E-state index contributed by atoms with van der Waals surface area (Å²) in [4.78, 5) is 12.0. The van der Waals surface area contributed by atoms with Gasteiger partial charge in [-0.25, -0.2) is 0 Å². The second-order valence-electron chi connectivity index (χ2n) is 6.01. The Morgan fingerprint density at radius 1 is 1.41 bits per heavy atom. The van der Waals surface area contributed by atoms with Crippen molar-refractivity contribution in [2.24, 2.45) is 11.8 Å². The number of nitrogens with one attached hydrogen (secondary N) is 1. The van der Waals surface area contributed by atoms with Gasteiger partial charge in [0.15, 0.2) is 0 Å². The van der Waals surface area contributed by atoms with E-state index in [-0.39, 0.29) is 5.91 Å². The van der Waals surface area contributed by atoms with Crippen LogP contribution in [0.4, 0.5) is 5.69 Å². The van der Waals surface area contributed by atoms with Crippen LogP contribution in [0.1, 0.15) is 25.8 Å². The maximum Gasteiger partial charge on any atom is 0.248 e. The third-order valence-electron chi connectivity index (χ3n) is 3.83. The average molecular weight is 316 g/mol. The van der Waals surface area contributed by atoms with Crippen LogP contribution in [0.2, 0.25) is 5.02 Å². The highest BCUT2D eigenvalue weighted by atomic mass is 35.5. The second-order valence-corrected chi connectivity index (χ2v) is 6.42. The number of aryl methyl sites for hydroxylation is 1. The molecule has 1 aromatic rings. The van der Waals surface area contributed by atoms with E-state index in [1.807, 2.05) is 31.2 Å². The van der Waals surface area contributed by atoms with Gasteiger partial charge in [-0.3, -0.25) is 4.79 Å². The van der Waals surface area contributed by atoms with Crippen LogP contribution in [0.5, 0.6) is 0 Å². The smallest absolute Gasteiger partial charge is 0.248 e. The van der Waals surface area contributed by atoms with E-state index in [9.17, 15) is 4.79 Å². The zero-order chi connectivity index (χ0) is 16.1. The van der Waals surface area contributed by atoms with E-state index in [2.05, 4.69) is 37.4 Å². The van der Waals surface area contributed by atoms with Crippen LogP contribution in [-0.2, 0) is 4.79 Å². The van der Waals surface area contributed by atoms with Crippen LogP contribution >= 0.6 is 11.6 Å². The summed E-state index contributed by atoms with van der Waals surface area (Å²) < 4.78 is 0. The fourth-order valence-corrected chi connectivity index (χ4v) is 2.62. The van der Waals surface area contributed by atoms with E-state index >= 15 is 0 Å². The minimum atomic E-state index is -0.175. The zero-order valence-electron chi connectivity index (χ0n) is 13.3. The first-order chi connectivity index (χ1) is 10.5. The van der Waals surface area contributed by atoms with E-state index in [1.54, 1.807) is 6.08 Å². The van der Waals surface area contributed by atoms with Gasteiger partial charge >= 0.3 is 0 Å². The Hall–Kier alpha value is -1.80. The molecule has 3 heteroatoms. The molecule has 2 rings (SSSR count). The van der Waals surface area contributed by atoms with E-state index in [0.29, 0.717) is 22.5 Å². The van der Waals surface area contributed by atoms with Crippen molar-refractivity contribution in [3.05, 3.63) is 64.7 Å². The van der Waals surface area contributed by atoms with Gasteiger partial charge in [-0.15, -0.1) is 0 Å². The Labute approximate surface area is 137 Å². The molecule has 116 valence electrons. The molecule has 0 radical (unpaired) electrons. The molecular weight excluding hydrogens is 294 g/mol. The van der Waals surface area contributed by atoms with Gasteiger partial charge in [0.25, 0.3) is 0 Å². The van der Waals surface area contributed by atoms with Crippen molar-refractivity contribution >= 4 is 23.2 Å². The van der Waals surface area contributed by atoms with Crippen LogP contribution < -0.4 is 5.32 Å². The average Bonchev–Trinajstić information content (AvgIpc) is 2.48. The molecule has 2 nitrogen and oxygen atoms in total. The number of allylic oxidation sites excluding steroid dienone is 5. The van der Waals surface area contributed by atoms with Crippen molar-refractivity contribution in [3.63, 3.8) is 0 Å². The van der Waals surface area contributed by atoms with Crippen LogP contribution in [0, 0.1) is 18.8 Å². The van der Waals surface area contributed by atoms with E-state index in [0.717, 1.165) is 17.6 Å². The normalized spacial score (nSPS) is 17.9. The Balaban J connectivity index is 1.94. The van der Waals surface area contributed by atoms with Crippen LogP contribution in [0.3, 0.4) is 0 Å². The molecule has 1 N–H and O–H groups in total. The summed E-state index contributed by atoms with van der Waals surface area (Å²) in [5.74, 6) is 1.06. The lowest BCUT2D eigenvalue weighted by molar-refractivity contribution is -0.111. The van der Waals surface area contributed by atoms with Crippen molar-refractivity contribution in [3.8, 4) is 0 Å². The molecule has 0 fully saturated rings. The quantitative estimate of drug-likeness (QED) is 0.750. The first kappa shape index (κ1) is 16.6. The lowest BCUT2D eigenvalue weighted by atomic mass is 9.87. The maximum atomic E-state index is 12.0. The summed E-state index contributed by atoms with van der Waals surface area (Å²) >= 11 is 6.11. The molecule has 1 aromatic carbocycles. The van der Waals surface area contributed by atoms with Crippen LogP contribution in [-0.4, -0.2) is 5.91 Å². The van der Waals surface area contributed by atoms with Gasteiger partial charge < -0.3 is 5.32 Å². The highest BCUT2D eigenvalue weighted by Crippen LogP contribution is 2.24. The largest absolute Gasteiger partial charge is 0.321 e. The minimum absolute atomic E-state index is 0.175. The molecular formula is C19H22ClNO. The zero-order valence-corrected chi connectivity index (χ0v) is 14.0. The van der Waals surface area contributed by atoms with Gasteiger partial charge in [0, 0.05) is 6.08 Å². The number of amides is 1. The van der Waals surface area contributed by atoms with Gasteiger partial charge in [-0.2, -0.15) is 0 Å². The molecule has 1 amide bonds. The predicted molar refractivity (Wildman–Crippen MR) is 94.1 cm³/mol. The number of carbonyl (C=O) groups is 1. The van der Waals surface area contributed by atoms with Crippen molar-refractivity contribution < 1.29 is 4.79 Å². The lowest BCUT2D eigenvalue weighted by Crippen LogP contribution is -2.09. The van der Waals surface area contributed by atoms with E-state index in [4.69, 9.17) is 11.6 Å². The fourth-order valence-electron chi connectivity index (χ4n) is 2.34. The predicted octanol–water partition coefficient (Wildman–Crippen LogP) is 5.30. The van der Waals surface area contributed by atoms with Crippen LogP contribution in [0.15, 0.2) is 54.2 Å². The summed E-state index contributed by atoms with van der Waals surface area (Å²) in [6.07, 6.45) is 10.9. The molecule has 1 atom stereocenters. The molecule has 0 aliphatic heterocycles. The molecule has 1 unspecified atom stereocenters. The summed E-state index contributed by atoms with van der Waals surface area (Å²) in [7, 11) is 0. The SMILES string of the molecule is Cc1ccc(NC(=O)/C=C/C2=CCC(C(C)C)C=C2)c(Cl)c1. The lowest BCUT2D eigenvalue weighted by Gasteiger charge is -2.18. The number of halogens is 1. The molecule has 0 aromatic heterocycles. The molecule has 0 bridgehead atoms. The van der Waals surface area contributed by atoms with Gasteiger partial charge in [0.2, 0.25) is 5.91 Å². The van der Waals surface area contributed by atoms with E-state index < -0.39 is 0 Å². The van der Waals surface area contributed by atoms with Crippen LogP contribution in [0.25, 0.3) is 0 Å². The molecule has 1 aliphatic rings. The topological polar surface area (TPSA) is 29.1 Å². The molecule has 0 heterocycles. The summed E-state index contributed by atoms with van der Waals surface area (Å²) in [6.45, 7) is 6.41. The van der Waals surface area contributed by atoms with Crippen molar-refractivity contribution in [1.82, 2.24) is 0 Å². The third-order valence-corrected chi connectivity index (χ3v) is 4.14. The monoisotopic (exact) mass is 315 g/mol. The Morgan fingerprint density at radius 2 is 2.18 bits per heavy atom. The number of hydrogen-bond acceptors (Lipinski definition) is 1. The summed E-state index contributed by atoms with van der Waals surface area (Å²) in [5.41, 5.74) is 2.77. The van der Waals surface area contributed by atoms with Crippen molar-refractivity contribution in [2.45, 2.75) is 27.2 Å². The van der Waals surface area contributed by atoms with Crippen molar-refractivity contribution in [2.75, 3.05) is 5.32 Å². The van der Waals surface area contributed by atoms with Gasteiger partial charge in [-0.05, 0) is 54.5 Å². The minimum Gasteiger partial charge on any atom is -0.321 e.